The molecule has 682 valence electrons. The fraction of sp³-hybridized carbons (Fsp3) is 0.192. The quantitative estimate of drug-likeness (QED) is 0.136. The maximum Gasteiger partial charge on any atom is 0.220 e. The average Bonchev–Trinajstić information content (AvgIpc) is 0.744. The highest BCUT2D eigenvalue weighted by Crippen LogP contribution is 2.36. The molecule has 21 aromatic rings. The zero-order valence-electron chi connectivity index (χ0n) is 95.8. The van der Waals surface area contributed by atoms with E-state index < -0.39 is 33.3 Å². The van der Waals surface area contributed by atoms with Crippen molar-refractivity contribution in [2.45, 2.75) is 123 Å². The molecular formula is C130H134N7+7. The van der Waals surface area contributed by atoms with Gasteiger partial charge in [0, 0.05) is 132 Å². The normalized spacial score (nSPS) is 13.2. The predicted molar refractivity (Wildman–Crippen MR) is 579 cm³/mol. The molecule has 0 saturated carbocycles. The molecule has 0 aliphatic heterocycles. The van der Waals surface area contributed by atoms with Crippen LogP contribution in [0.25, 0.3) is 154 Å². The molecule has 0 N–H and O–H groups in total. The van der Waals surface area contributed by atoms with Crippen molar-refractivity contribution in [2.24, 2.45) is 49.3 Å². The van der Waals surface area contributed by atoms with Gasteiger partial charge in [0.2, 0.25) is 45.4 Å². The Labute approximate surface area is 831 Å². The summed E-state index contributed by atoms with van der Waals surface area (Å²) >= 11 is 0. The molecule has 0 aliphatic carbocycles. The van der Waals surface area contributed by atoms with Crippen molar-refractivity contribution >= 4 is 75.5 Å². The van der Waals surface area contributed by atoms with Gasteiger partial charge in [0.05, 0.1) is 10.9 Å². The molecule has 0 radical (unpaired) electrons. The molecular weight excluding hydrogens is 1660 g/mol. The van der Waals surface area contributed by atoms with Crippen LogP contribution in [0.5, 0.6) is 0 Å². The van der Waals surface area contributed by atoms with Crippen molar-refractivity contribution in [3.05, 3.63) is 460 Å². The van der Waals surface area contributed by atoms with E-state index >= 15 is 0 Å². The van der Waals surface area contributed by atoms with Crippen LogP contribution in [0.2, 0.25) is 0 Å². The third kappa shape index (κ3) is 22.2. The first-order chi connectivity index (χ1) is 71.0. The first-order valence-corrected chi connectivity index (χ1v) is 46.9. The number of para-hydroxylation sites is 1. The van der Waals surface area contributed by atoms with Gasteiger partial charge in [0.25, 0.3) is 0 Å². The highest BCUT2D eigenvalue weighted by molar-refractivity contribution is 5.95. The molecule has 21 rings (SSSR count). The lowest BCUT2D eigenvalue weighted by atomic mass is 9.93. The van der Waals surface area contributed by atoms with Crippen LogP contribution in [0.3, 0.4) is 0 Å². The molecule has 7 nitrogen and oxygen atoms in total. The maximum absolute atomic E-state index is 8.38. The molecule has 7 heteroatoms. The van der Waals surface area contributed by atoms with Crippen molar-refractivity contribution in [3.8, 4) is 78.8 Å². The number of rotatable bonds is 8. The van der Waals surface area contributed by atoms with Gasteiger partial charge in [-0.1, -0.05) is 236 Å². The molecule has 1 atom stereocenters. The predicted octanol–water partition coefficient (Wildman–Crippen LogP) is 29.1. The Morgan fingerprint density at radius 3 is 0.971 bits per heavy atom. The van der Waals surface area contributed by atoms with Gasteiger partial charge in [0.1, 0.15) is 49.3 Å². The topological polar surface area (TPSA) is 27.2 Å². The highest BCUT2D eigenvalue weighted by Gasteiger charge is 2.24. The summed E-state index contributed by atoms with van der Waals surface area (Å²) in [7, 11) is 14.4. The van der Waals surface area contributed by atoms with E-state index in [1.807, 2.05) is 115 Å². The largest absolute Gasteiger partial charge is 0.220 e. The van der Waals surface area contributed by atoms with Crippen LogP contribution in [-0.4, -0.2) is 0 Å². The lowest BCUT2D eigenvalue weighted by Gasteiger charge is -2.12. The van der Waals surface area contributed by atoms with Crippen LogP contribution in [0.15, 0.2) is 371 Å². The summed E-state index contributed by atoms with van der Waals surface area (Å²) in [6.45, 7) is 17.3. The summed E-state index contributed by atoms with van der Waals surface area (Å²) in [5.74, 6) is -1.73. The molecule has 7 aromatic heterocycles. The third-order valence-corrected chi connectivity index (χ3v) is 26.4. The number of hydrogen-bond donors (Lipinski definition) is 0. The lowest BCUT2D eigenvalue weighted by Crippen LogP contribution is -2.32. The van der Waals surface area contributed by atoms with Crippen LogP contribution in [-0.2, 0) is 49.3 Å². The Morgan fingerprint density at radius 2 is 0.562 bits per heavy atom. The molecule has 0 saturated heterocycles. The SMILES string of the molecule is Cc1cc(C)c(C)c(-c2cc3ccccc3c[n+]2C)c1.Cc1ccc(-c2cc3ccccc3c[n+]2C)c(C)c1.Cc1ccccc1-c1cc2ccccc2c[n+]1C.Cc1ccccc1-c1ccc2ccccc2[n+]1C.[2H]C([2H])([2H])c1cc(C)cc(-c2c3ccc(C([2H])(C)C([2H])([2H])[2H])cc3cc[n+]2C)c1C.[2H]C([2H])([2H])c1cc(C)cc(-c2cc3ccccc3c[n+]2C)c1C.[2H]C([2H])([2H])c1ccc(-c2cc3ccccc3c[n+]2C)c(C)c1. The maximum atomic E-state index is 8.38. The summed E-state index contributed by atoms with van der Waals surface area (Å²) in [4.78, 5) is 0. The molecule has 0 fully saturated rings. The number of fused-ring (bicyclic) bond motifs is 7. The van der Waals surface area contributed by atoms with Crippen molar-refractivity contribution in [3.63, 3.8) is 0 Å². The van der Waals surface area contributed by atoms with Gasteiger partial charge in [-0.2, -0.15) is 4.57 Å². The minimum atomic E-state index is -2.45. The van der Waals surface area contributed by atoms with Crippen LogP contribution < -0.4 is 32.0 Å². The fourth-order valence-electron chi connectivity index (χ4n) is 18.6. The summed E-state index contributed by atoms with van der Waals surface area (Å²) in [5.41, 5.74) is 32.5. The average molecular weight is 1810 g/mol. The zero-order chi connectivity index (χ0) is 108. The minimum Gasteiger partial charge on any atom is -0.200 e. The Morgan fingerprint density at radius 1 is 0.226 bits per heavy atom. The molecule has 0 aliphatic rings. The van der Waals surface area contributed by atoms with Gasteiger partial charge in [-0.15, -0.1) is 0 Å². The first-order valence-electron chi connectivity index (χ1n) is 53.4. The van der Waals surface area contributed by atoms with Crippen LogP contribution in [0.1, 0.15) is 127 Å². The first kappa shape index (κ1) is 80.4. The Hall–Kier alpha value is -15.1. The number of aromatic nitrogens is 7. The van der Waals surface area contributed by atoms with Gasteiger partial charge in [0.15, 0.2) is 37.2 Å². The second-order valence-corrected chi connectivity index (χ2v) is 36.7. The third-order valence-electron chi connectivity index (χ3n) is 26.4. The van der Waals surface area contributed by atoms with E-state index in [9.17, 15) is 0 Å². The van der Waals surface area contributed by atoms with Crippen molar-refractivity contribution in [1.82, 2.24) is 0 Å². The Kier molecular flexibility index (Phi) is 25.0. The van der Waals surface area contributed by atoms with E-state index in [1.165, 1.54) is 150 Å². The Balaban J connectivity index is 0.000000132. The van der Waals surface area contributed by atoms with Gasteiger partial charge in [-0.3, -0.25) is 0 Å². The second kappa shape index (κ2) is 42.7. The van der Waals surface area contributed by atoms with Crippen LogP contribution in [0.4, 0.5) is 0 Å². The fourth-order valence-corrected chi connectivity index (χ4v) is 18.6. The number of benzene rings is 14. The van der Waals surface area contributed by atoms with Gasteiger partial charge >= 0.3 is 0 Å². The Bertz CT molecular complexity index is 8620. The molecule has 1 unspecified atom stereocenters. The van der Waals surface area contributed by atoms with E-state index in [2.05, 4.69) is 384 Å². The smallest absolute Gasteiger partial charge is 0.200 e. The van der Waals surface area contributed by atoms with E-state index in [0.29, 0.717) is 27.8 Å². The monoisotopic (exact) mass is 1810 g/mol. The van der Waals surface area contributed by atoms with Crippen molar-refractivity contribution in [1.29, 1.82) is 0 Å². The summed E-state index contributed by atoms with van der Waals surface area (Å²) < 4.78 is 116. The van der Waals surface area contributed by atoms with Crippen molar-refractivity contribution < 1.29 is 49.8 Å². The highest BCUT2D eigenvalue weighted by atomic mass is 15.0. The van der Waals surface area contributed by atoms with E-state index in [4.69, 9.17) is 17.8 Å². The molecule has 14 aromatic carbocycles. The van der Waals surface area contributed by atoms with Gasteiger partial charge in [-0.25, -0.2) is 27.4 Å². The van der Waals surface area contributed by atoms with Gasteiger partial charge < -0.3 is 0 Å². The number of aryl methyl sites for hydroxylation is 19. The van der Waals surface area contributed by atoms with E-state index in [-0.39, 0.29) is 0 Å². The molecule has 0 amide bonds. The molecule has 137 heavy (non-hydrogen) atoms. The van der Waals surface area contributed by atoms with Crippen LogP contribution in [0, 0.1) is 104 Å². The molecule has 0 spiro atoms. The number of pyridine rings is 7. The summed E-state index contributed by atoms with van der Waals surface area (Å²) in [6, 6.07) is 114. The lowest BCUT2D eigenvalue weighted by molar-refractivity contribution is -0.659. The molecule has 0 bridgehead atoms. The van der Waals surface area contributed by atoms with Gasteiger partial charge in [-0.05, 0) is 294 Å². The summed E-state index contributed by atoms with van der Waals surface area (Å²) in [6.07, 6.45) is 12.7. The summed E-state index contributed by atoms with van der Waals surface area (Å²) in [5, 5.41) is 15.3. The number of nitrogens with zero attached hydrogens (tertiary/aromatic N) is 7. The zero-order valence-corrected chi connectivity index (χ0v) is 82.8. The van der Waals surface area contributed by atoms with Crippen molar-refractivity contribution in [2.75, 3.05) is 0 Å². The van der Waals surface area contributed by atoms with Crippen LogP contribution >= 0.6 is 0 Å². The van der Waals surface area contributed by atoms with E-state index in [0.717, 1.165) is 72.2 Å². The minimum absolute atomic E-state index is 0.326. The standard InChI is InChI=1S/C22H26N.2C19H20N.2C18H18N.2C17H16N/c1-14(2)18-7-8-20-19(13-18)9-10-23(6)22(20)21-12-15(3)11-16(4)17(21)5;2*1-13-9-14(2)15(3)18(10-13)19-11-16-7-5-6-8-17(16)12-20(19)4;2*1-13-8-9-17(14(2)10-13)18-11-15-6-4-5-7-16(15)12-19(18)3;1-13-7-3-6-10-16(13)17-11-14-8-4-5-9-15(14)12-18(17)2;1-13-7-3-5-9-15(13)17-12-11-14-8-4-6-10-16(14)18(17)2/h7-14H,1-6H3;2*5-12H,1-4H3;2*4-12H,1-3H3;2*3-12H,1-2H3/q7*+1/i1D3,4D3,14D;2D3;;1D3;;;. The number of hydrogen-bond acceptors (Lipinski definition) is 0. The second-order valence-electron chi connectivity index (χ2n) is 36.7. The van der Waals surface area contributed by atoms with E-state index in [1.54, 1.807) is 36.4 Å². The molecule has 7 heterocycles.